The number of hydrogen-bond donors (Lipinski definition) is 3. The maximum absolute atomic E-state index is 12.3. The first-order valence-corrected chi connectivity index (χ1v) is 8.85. The van der Waals surface area contributed by atoms with Crippen LogP contribution in [0.5, 0.6) is 0 Å². The molecule has 1 aromatic heterocycles. The number of rotatable bonds is 3. The molecule has 5 nitrogen and oxygen atoms in total. The lowest BCUT2D eigenvalue weighted by Crippen LogP contribution is -2.23. The summed E-state index contributed by atoms with van der Waals surface area (Å²) in [5, 5.41) is 6.97. The molecule has 3 atom stereocenters. The second kappa shape index (κ2) is 5.58. The molecule has 2 aromatic carbocycles. The van der Waals surface area contributed by atoms with Crippen molar-refractivity contribution in [1.82, 2.24) is 15.3 Å². The summed E-state index contributed by atoms with van der Waals surface area (Å²) >= 11 is 6.18. The van der Waals surface area contributed by atoms with Crippen LogP contribution in [-0.2, 0) is 4.79 Å². The number of piperidine rings is 1. The molecule has 25 heavy (non-hydrogen) atoms. The van der Waals surface area contributed by atoms with Crippen molar-refractivity contribution < 1.29 is 4.79 Å². The number of fused-ring (bicyclic) bond motifs is 2. The van der Waals surface area contributed by atoms with Crippen LogP contribution in [0.25, 0.3) is 22.4 Å². The highest BCUT2D eigenvalue weighted by Crippen LogP contribution is 2.49. The average Bonchev–Trinajstić information content (AvgIpc) is 2.98. The van der Waals surface area contributed by atoms with Crippen LogP contribution in [0.4, 0.5) is 5.69 Å². The fourth-order valence-electron chi connectivity index (χ4n) is 3.88. The van der Waals surface area contributed by atoms with Gasteiger partial charge in [0.05, 0.1) is 10.5 Å². The van der Waals surface area contributed by atoms with Gasteiger partial charge in [-0.3, -0.25) is 4.79 Å². The van der Waals surface area contributed by atoms with Crippen molar-refractivity contribution in [1.29, 1.82) is 0 Å². The van der Waals surface area contributed by atoms with Crippen molar-refractivity contribution in [3.63, 3.8) is 0 Å². The summed E-state index contributed by atoms with van der Waals surface area (Å²) in [6.45, 7) is 1.94. The van der Waals surface area contributed by atoms with Gasteiger partial charge in [-0.05, 0) is 61.3 Å². The van der Waals surface area contributed by atoms with Gasteiger partial charge < -0.3 is 15.6 Å². The molecule has 6 heteroatoms. The van der Waals surface area contributed by atoms with E-state index in [2.05, 4.69) is 20.6 Å². The molecule has 2 fully saturated rings. The Kier molecular flexibility index (Phi) is 3.33. The minimum Gasteiger partial charge on any atom is -0.338 e. The minimum absolute atomic E-state index is 0.139. The lowest BCUT2D eigenvalue weighted by Gasteiger charge is -2.07. The zero-order chi connectivity index (χ0) is 17.0. The monoisotopic (exact) mass is 352 g/mol. The van der Waals surface area contributed by atoms with Crippen molar-refractivity contribution in [3.8, 4) is 11.4 Å². The third-order valence-corrected chi connectivity index (χ3v) is 5.59. The molecule has 5 rings (SSSR count). The molecule has 0 radical (unpaired) electrons. The van der Waals surface area contributed by atoms with Gasteiger partial charge in [-0.15, -0.1) is 0 Å². The Balaban J connectivity index is 1.34. The van der Waals surface area contributed by atoms with Gasteiger partial charge in [-0.2, -0.15) is 0 Å². The SMILES string of the molecule is O=C(Nc1ccc(-c2nc3c(Cl)cccc3[nH]2)cc1)C1[C@H]2CNC[C@@H]12. The first-order chi connectivity index (χ1) is 12.2. The normalized spacial score (nSPS) is 24.3. The quantitative estimate of drug-likeness (QED) is 0.677. The molecule has 2 heterocycles. The number of imidazole rings is 1. The van der Waals surface area contributed by atoms with Crippen LogP contribution in [0.15, 0.2) is 42.5 Å². The van der Waals surface area contributed by atoms with E-state index in [0.717, 1.165) is 41.2 Å². The highest BCUT2D eigenvalue weighted by Gasteiger charge is 2.56. The standard InChI is InChI=1S/C19H17ClN4O/c20-14-2-1-3-15-17(14)24-18(23-15)10-4-6-11(7-5-10)22-19(25)16-12-8-21-9-13(12)16/h1-7,12-13,16,21H,8-9H2,(H,22,25)(H,23,24)/t12-,13+,16?. The van der Waals surface area contributed by atoms with Crippen LogP contribution >= 0.6 is 11.6 Å². The molecule has 1 saturated carbocycles. The molecule has 126 valence electrons. The molecule has 1 amide bonds. The van der Waals surface area contributed by atoms with Crippen LogP contribution in [0.3, 0.4) is 0 Å². The van der Waals surface area contributed by atoms with Crippen molar-refractivity contribution in [2.75, 3.05) is 18.4 Å². The molecule has 3 N–H and O–H groups in total. The predicted octanol–water partition coefficient (Wildman–Crippen LogP) is 3.29. The summed E-state index contributed by atoms with van der Waals surface area (Å²) in [6, 6.07) is 13.4. The number of aromatic nitrogens is 2. The zero-order valence-electron chi connectivity index (χ0n) is 13.4. The number of aromatic amines is 1. The fraction of sp³-hybridized carbons (Fsp3) is 0.263. The molecular weight excluding hydrogens is 336 g/mol. The molecule has 1 saturated heterocycles. The summed E-state index contributed by atoms with van der Waals surface area (Å²) in [7, 11) is 0. The number of nitrogens with one attached hydrogen (secondary N) is 3. The van der Waals surface area contributed by atoms with Gasteiger partial charge in [0, 0.05) is 17.2 Å². The lowest BCUT2D eigenvalue weighted by atomic mass is 10.2. The van der Waals surface area contributed by atoms with Gasteiger partial charge in [0.1, 0.15) is 11.3 Å². The Morgan fingerprint density at radius 2 is 1.88 bits per heavy atom. The average molecular weight is 353 g/mol. The van der Waals surface area contributed by atoms with E-state index in [0.29, 0.717) is 16.9 Å². The summed E-state index contributed by atoms with van der Waals surface area (Å²) in [6.07, 6.45) is 0. The zero-order valence-corrected chi connectivity index (χ0v) is 14.2. The van der Waals surface area contributed by atoms with Crippen LogP contribution in [-0.4, -0.2) is 29.0 Å². The second-order valence-electron chi connectivity index (χ2n) is 6.80. The molecule has 1 aliphatic heterocycles. The van der Waals surface area contributed by atoms with E-state index in [-0.39, 0.29) is 11.8 Å². The number of carbonyl (C=O) groups is 1. The van der Waals surface area contributed by atoms with Gasteiger partial charge in [0.25, 0.3) is 0 Å². The predicted molar refractivity (Wildman–Crippen MR) is 98.5 cm³/mol. The number of hydrogen-bond acceptors (Lipinski definition) is 3. The van der Waals surface area contributed by atoms with Crippen LogP contribution in [0.2, 0.25) is 5.02 Å². The largest absolute Gasteiger partial charge is 0.338 e. The van der Waals surface area contributed by atoms with Crippen molar-refractivity contribution >= 4 is 34.2 Å². The Morgan fingerprint density at radius 3 is 2.60 bits per heavy atom. The number of H-pyrrole nitrogens is 1. The van der Waals surface area contributed by atoms with Gasteiger partial charge in [-0.1, -0.05) is 17.7 Å². The summed E-state index contributed by atoms with van der Waals surface area (Å²) in [5.41, 5.74) is 3.46. The Morgan fingerprint density at radius 1 is 1.12 bits per heavy atom. The van der Waals surface area contributed by atoms with Gasteiger partial charge in [0.15, 0.2) is 0 Å². The minimum atomic E-state index is 0.139. The van der Waals surface area contributed by atoms with E-state index < -0.39 is 0 Å². The molecule has 3 aromatic rings. The van der Waals surface area contributed by atoms with Crippen LogP contribution < -0.4 is 10.6 Å². The maximum atomic E-state index is 12.3. The molecule has 0 bridgehead atoms. The number of carbonyl (C=O) groups excluding carboxylic acids is 1. The first kappa shape index (κ1) is 14.9. The van der Waals surface area contributed by atoms with E-state index in [1.165, 1.54) is 0 Å². The molecular formula is C19H17ClN4O. The number of para-hydroxylation sites is 1. The van der Waals surface area contributed by atoms with Crippen LogP contribution in [0, 0.1) is 17.8 Å². The summed E-state index contributed by atoms with van der Waals surface area (Å²) < 4.78 is 0. The Labute approximate surface area is 149 Å². The van der Waals surface area contributed by atoms with Crippen molar-refractivity contribution in [2.45, 2.75) is 0 Å². The third kappa shape index (κ3) is 2.51. The molecule has 2 aliphatic rings. The van der Waals surface area contributed by atoms with E-state index in [4.69, 9.17) is 11.6 Å². The highest BCUT2D eigenvalue weighted by molar-refractivity contribution is 6.35. The topological polar surface area (TPSA) is 69.8 Å². The van der Waals surface area contributed by atoms with Gasteiger partial charge >= 0.3 is 0 Å². The number of halogens is 1. The van der Waals surface area contributed by atoms with Gasteiger partial charge in [0.2, 0.25) is 5.91 Å². The molecule has 1 aliphatic carbocycles. The summed E-state index contributed by atoms with van der Waals surface area (Å²) in [4.78, 5) is 20.2. The highest BCUT2D eigenvalue weighted by atomic mass is 35.5. The number of anilines is 1. The summed E-state index contributed by atoms with van der Waals surface area (Å²) in [5.74, 6) is 2.14. The smallest absolute Gasteiger partial charge is 0.228 e. The maximum Gasteiger partial charge on any atom is 0.228 e. The number of amides is 1. The number of benzene rings is 2. The molecule has 0 spiro atoms. The van der Waals surface area contributed by atoms with E-state index in [1.54, 1.807) is 0 Å². The van der Waals surface area contributed by atoms with Crippen molar-refractivity contribution in [2.24, 2.45) is 17.8 Å². The lowest BCUT2D eigenvalue weighted by molar-refractivity contribution is -0.118. The van der Waals surface area contributed by atoms with E-state index >= 15 is 0 Å². The second-order valence-corrected chi connectivity index (χ2v) is 7.21. The Bertz CT molecular complexity index is 955. The van der Waals surface area contributed by atoms with Gasteiger partial charge in [-0.25, -0.2) is 4.98 Å². The Hall–Kier alpha value is -2.37. The molecule has 1 unspecified atom stereocenters. The third-order valence-electron chi connectivity index (χ3n) is 5.28. The van der Waals surface area contributed by atoms with E-state index in [1.807, 2.05) is 42.5 Å². The number of nitrogens with zero attached hydrogens (tertiary/aromatic N) is 1. The van der Waals surface area contributed by atoms with E-state index in [9.17, 15) is 4.79 Å². The van der Waals surface area contributed by atoms with Crippen LogP contribution in [0.1, 0.15) is 0 Å². The van der Waals surface area contributed by atoms with Crippen molar-refractivity contribution in [3.05, 3.63) is 47.5 Å². The first-order valence-electron chi connectivity index (χ1n) is 8.47. The fourth-order valence-corrected chi connectivity index (χ4v) is 4.09.